The molecule has 2 aromatic heterocycles. The molecule has 4 nitrogen and oxygen atoms in total. The van der Waals surface area contributed by atoms with Crippen molar-refractivity contribution in [2.24, 2.45) is 0 Å². The molecule has 16 heavy (non-hydrogen) atoms. The maximum absolute atomic E-state index is 9.80. The Labute approximate surface area is 105 Å². The Morgan fingerprint density at radius 3 is 3.06 bits per heavy atom. The van der Waals surface area contributed by atoms with Crippen LogP contribution < -0.4 is 0 Å². The van der Waals surface area contributed by atoms with Crippen LogP contribution in [0.3, 0.4) is 0 Å². The van der Waals surface area contributed by atoms with Crippen molar-refractivity contribution >= 4 is 27.3 Å². The van der Waals surface area contributed by atoms with Crippen molar-refractivity contribution in [3.8, 4) is 10.7 Å². The average Bonchev–Trinajstić information content (AvgIpc) is 2.84. The zero-order valence-corrected chi connectivity index (χ0v) is 10.8. The second-order valence-corrected chi connectivity index (χ2v) is 6.24. The highest BCUT2D eigenvalue weighted by molar-refractivity contribution is 9.11. The van der Waals surface area contributed by atoms with Gasteiger partial charge in [-0.05, 0) is 40.9 Å². The van der Waals surface area contributed by atoms with Gasteiger partial charge in [0.25, 0.3) is 0 Å². The summed E-state index contributed by atoms with van der Waals surface area (Å²) in [5.41, 5.74) is 0. The van der Waals surface area contributed by atoms with Crippen LogP contribution >= 0.6 is 27.3 Å². The number of aliphatic hydroxyl groups is 1. The number of halogens is 1. The van der Waals surface area contributed by atoms with E-state index >= 15 is 0 Å². The molecule has 1 unspecified atom stereocenters. The number of aromatic nitrogens is 3. The van der Waals surface area contributed by atoms with E-state index < -0.39 is 6.10 Å². The number of rotatable bonds is 1. The lowest BCUT2D eigenvalue weighted by atomic mass is 10.1. The minimum atomic E-state index is -0.460. The fraction of sp³-hybridized carbons (Fsp3) is 0.400. The van der Waals surface area contributed by atoms with Crippen LogP contribution in [0.1, 0.15) is 24.8 Å². The first-order valence-corrected chi connectivity index (χ1v) is 6.73. The molecule has 1 aliphatic heterocycles. The molecule has 0 aliphatic carbocycles. The van der Waals surface area contributed by atoms with E-state index in [-0.39, 0.29) is 0 Å². The summed E-state index contributed by atoms with van der Waals surface area (Å²) in [6, 6.07) is 3.97. The van der Waals surface area contributed by atoms with Crippen LogP contribution in [0.15, 0.2) is 15.9 Å². The summed E-state index contributed by atoms with van der Waals surface area (Å²) in [6.45, 7) is 0.853. The Balaban J connectivity index is 2.04. The summed E-state index contributed by atoms with van der Waals surface area (Å²) in [5, 5.41) is 14.2. The Hall–Kier alpha value is -0.720. The first-order chi connectivity index (χ1) is 7.74. The third-order valence-corrected chi connectivity index (χ3v) is 4.26. The van der Waals surface area contributed by atoms with Gasteiger partial charge >= 0.3 is 0 Å². The monoisotopic (exact) mass is 299 g/mol. The van der Waals surface area contributed by atoms with E-state index in [1.807, 2.05) is 16.8 Å². The van der Waals surface area contributed by atoms with Crippen molar-refractivity contribution in [2.45, 2.75) is 25.5 Å². The van der Waals surface area contributed by atoms with Gasteiger partial charge in [0.2, 0.25) is 0 Å². The SMILES string of the molecule is OC1CCCn2nc(-c3ccc(Br)s3)nc21. The van der Waals surface area contributed by atoms with Gasteiger partial charge in [-0.1, -0.05) is 0 Å². The average molecular weight is 300 g/mol. The number of hydrogen-bond donors (Lipinski definition) is 1. The largest absolute Gasteiger partial charge is 0.385 e. The van der Waals surface area contributed by atoms with Gasteiger partial charge in [-0.25, -0.2) is 9.67 Å². The molecule has 6 heteroatoms. The third-order valence-electron chi connectivity index (χ3n) is 2.64. The minimum Gasteiger partial charge on any atom is -0.385 e. The Morgan fingerprint density at radius 2 is 2.38 bits per heavy atom. The zero-order valence-electron chi connectivity index (χ0n) is 8.43. The number of hydrogen-bond acceptors (Lipinski definition) is 4. The minimum absolute atomic E-state index is 0.460. The van der Waals surface area contributed by atoms with Crippen LogP contribution in [0.2, 0.25) is 0 Å². The standard InChI is InChI=1S/C10H10BrN3OS/c11-8-4-3-7(16-8)9-12-10-6(15)2-1-5-14(10)13-9/h3-4,6,15H,1-2,5H2. The molecule has 1 aliphatic rings. The van der Waals surface area contributed by atoms with Gasteiger partial charge in [0, 0.05) is 6.54 Å². The molecule has 0 fully saturated rings. The zero-order chi connectivity index (χ0) is 11.1. The van der Waals surface area contributed by atoms with E-state index in [0.717, 1.165) is 28.0 Å². The first-order valence-electron chi connectivity index (χ1n) is 5.12. The molecule has 3 rings (SSSR count). The normalized spacial score (nSPS) is 19.8. The van der Waals surface area contributed by atoms with E-state index in [1.165, 1.54) is 0 Å². The molecule has 0 amide bonds. The van der Waals surface area contributed by atoms with Gasteiger partial charge in [0.05, 0.1) is 8.66 Å². The van der Waals surface area contributed by atoms with E-state index in [9.17, 15) is 5.11 Å². The molecule has 2 aromatic rings. The highest BCUT2D eigenvalue weighted by Gasteiger charge is 2.22. The molecule has 0 spiro atoms. The number of aliphatic hydroxyl groups excluding tert-OH is 1. The van der Waals surface area contributed by atoms with E-state index in [2.05, 4.69) is 26.0 Å². The molecule has 0 aromatic carbocycles. The molecule has 1 atom stereocenters. The molecular weight excluding hydrogens is 290 g/mol. The molecule has 1 N–H and O–H groups in total. The molecule has 0 radical (unpaired) electrons. The van der Waals surface area contributed by atoms with Crippen molar-refractivity contribution in [2.75, 3.05) is 0 Å². The van der Waals surface area contributed by atoms with Crippen molar-refractivity contribution in [3.05, 3.63) is 21.7 Å². The van der Waals surface area contributed by atoms with Crippen LogP contribution in [0.4, 0.5) is 0 Å². The lowest BCUT2D eigenvalue weighted by Crippen LogP contribution is -2.16. The molecule has 0 bridgehead atoms. The van der Waals surface area contributed by atoms with E-state index in [1.54, 1.807) is 11.3 Å². The fourth-order valence-corrected chi connectivity index (χ4v) is 3.18. The summed E-state index contributed by atoms with van der Waals surface area (Å²) in [6.07, 6.45) is 1.29. The van der Waals surface area contributed by atoms with Gasteiger partial charge in [-0.15, -0.1) is 16.4 Å². The van der Waals surface area contributed by atoms with Crippen molar-refractivity contribution < 1.29 is 5.11 Å². The smallest absolute Gasteiger partial charge is 0.191 e. The Bertz CT molecular complexity index is 522. The summed E-state index contributed by atoms with van der Waals surface area (Å²) in [7, 11) is 0. The lowest BCUT2D eigenvalue weighted by Gasteiger charge is -2.16. The van der Waals surface area contributed by atoms with Crippen LogP contribution in [-0.2, 0) is 6.54 Å². The quantitative estimate of drug-likeness (QED) is 0.880. The lowest BCUT2D eigenvalue weighted by molar-refractivity contribution is 0.130. The van der Waals surface area contributed by atoms with Crippen LogP contribution in [0.25, 0.3) is 10.7 Å². The fourth-order valence-electron chi connectivity index (χ4n) is 1.87. The van der Waals surface area contributed by atoms with E-state index in [4.69, 9.17) is 0 Å². The second kappa shape index (κ2) is 3.94. The van der Waals surface area contributed by atoms with Crippen molar-refractivity contribution in [3.63, 3.8) is 0 Å². The number of nitrogens with zero attached hydrogens (tertiary/aromatic N) is 3. The summed E-state index contributed by atoms with van der Waals surface area (Å²) in [4.78, 5) is 5.44. The summed E-state index contributed by atoms with van der Waals surface area (Å²) in [5.74, 6) is 1.41. The van der Waals surface area contributed by atoms with E-state index in [0.29, 0.717) is 11.6 Å². The molecule has 0 saturated heterocycles. The molecular formula is C10H10BrN3OS. The predicted octanol–water partition coefficient (Wildman–Crippen LogP) is 2.60. The predicted molar refractivity (Wildman–Crippen MR) is 65.2 cm³/mol. The second-order valence-electron chi connectivity index (χ2n) is 3.78. The molecule has 84 valence electrons. The van der Waals surface area contributed by atoms with Crippen LogP contribution in [-0.4, -0.2) is 19.9 Å². The summed E-state index contributed by atoms with van der Waals surface area (Å²) >= 11 is 5.02. The van der Waals surface area contributed by atoms with Gasteiger partial charge < -0.3 is 5.11 Å². The number of aryl methyl sites for hydroxylation is 1. The summed E-state index contributed by atoms with van der Waals surface area (Å²) < 4.78 is 2.88. The Kier molecular flexibility index (Phi) is 2.57. The maximum Gasteiger partial charge on any atom is 0.191 e. The highest BCUT2D eigenvalue weighted by Crippen LogP contribution is 2.31. The maximum atomic E-state index is 9.80. The van der Waals surface area contributed by atoms with Crippen molar-refractivity contribution in [1.82, 2.24) is 14.8 Å². The van der Waals surface area contributed by atoms with Gasteiger partial charge in [0.15, 0.2) is 11.6 Å². The molecule has 0 saturated carbocycles. The Morgan fingerprint density at radius 1 is 1.50 bits per heavy atom. The first kappa shape index (κ1) is 10.4. The van der Waals surface area contributed by atoms with Crippen LogP contribution in [0.5, 0.6) is 0 Å². The van der Waals surface area contributed by atoms with Crippen molar-refractivity contribution in [1.29, 1.82) is 0 Å². The highest BCUT2D eigenvalue weighted by atomic mass is 79.9. The van der Waals surface area contributed by atoms with Gasteiger partial charge in [0.1, 0.15) is 6.10 Å². The topological polar surface area (TPSA) is 50.9 Å². The van der Waals surface area contributed by atoms with Crippen LogP contribution in [0, 0.1) is 0 Å². The van der Waals surface area contributed by atoms with Gasteiger partial charge in [-0.3, -0.25) is 0 Å². The third kappa shape index (κ3) is 1.70. The number of fused-ring (bicyclic) bond motifs is 1. The van der Waals surface area contributed by atoms with Gasteiger partial charge in [-0.2, -0.15) is 0 Å². The molecule has 3 heterocycles. The number of thiophene rings is 1.